The summed E-state index contributed by atoms with van der Waals surface area (Å²) < 4.78 is 16.7. The maximum atomic E-state index is 5.92. The van der Waals surface area contributed by atoms with Crippen molar-refractivity contribution in [3.05, 3.63) is 96.1 Å². The number of hydrogen-bond acceptors (Lipinski definition) is 5. The van der Waals surface area contributed by atoms with Crippen LogP contribution in [0.5, 0.6) is 17.2 Å². The first-order chi connectivity index (χ1) is 22.1. The predicted molar refractivity (Wildman–Crippen MR) is 188 cm³/mol. The van der Waals surface area contributed by atoms with E-state index < -0.39 is 0 Å². The molecule has 0 amide bonds. The number of fused-ring (bicyclic) bond motifs is 7. The van der Waals surface area contributed by atoms with Crippen molar-refractivity contribution in [3.63, 3.8) is 0 Å². The monoisotopic (exact) mass is 617 g/mol. The molecule has 5 aromatic rings. The van der Waals surface area contributed by atoms with Crippen LogP contribution < -0.4 is 24.8 Å². The average Bonchev–Trinajstić information content (AvgIpc) is 3.26. The second-order valence-electron chi connectivity index (χ2n) is 12.0. The molecule has 0 spiro atoms. The van der Waals surface area contributed by atoms with Gasteiger partial charge in [-0.15, -0.1) is 0 Å². The molecule has 1 saturated carbocycles. The van der Waals surface area contributed by atoms with Gasteiger partial charge in [0, 0.05) is 37.3 Å². The van der Waals surface area contributed by atoms with E-state index in [4.69, 9.17) is 26.4 Å². The first kappa shape index (κ1) is 29.4. The molecular weight excluding hydrogens is 579 g/mol. The first-order valence-corrected chi connectivity index (χ1v) is 16.1. The third-order valence-electron chi connectivity index (χ3n) is 9.50. The van der Waals surface area contributed by atoms with Crippen molar-refractivity contribution in [3.8, 4) is 28.4 Å². The molecule has 5 aromatic carbocycles. The van der Waals surface area contributed by atoms with Gasteiger partial charge in [0.1, 0.15) is 22.9 Å². The third kappa shape index (κ3) is 5.55. The summed E-state index contributed by atoms with van der Waals surface area (Å²) in [4.78, 5) is 2.68. The molecule has 1 aliphatic heterocycles. The number of nitrogens with zero attached hydrogens (tertiary/aromatic N) is 1. The predicted octanol–water partition coefficient (Wildman–Crippen LogP) is 8.30. The van der Waals surface area contributed by atoms with Crippen LogP contribution in [0.25, 0.3) is 32.7 Å². The molecule has 1 fully saturated rings. The number of nitrogens with one attached hydrogen (secondary N) is 2. The number of ether oxygens (including phenoxy) is 3. The number of rotatable bonds is 6. The van der Waals surface area contributed by atoms with Gasteiger partial charge in [-0.2, -0.15) is 0 Å². The Labute approximate surface area is 270 Å². The van der Waals surface area contributed by atoms with E-state index in [0.717, 1.165) is 25.9 Å². The number of anilines is 1. The van der Waals surface area contributed by atoms with Gasteiger partial charge in [-0.1, -0.05) is 85.6 Å². The van der Waals surface area contributed by atoms with Crippen molar-refractivity contribution in [1.29, 1.82) is 0 Å². The Hall–Kier alpha value is -4.33. The minimum Gasteiger partial charge on any atom is -0.496 e. The Kier molecular flexibility index (Phi) is 8.21. The largest absolute Gasteiger partial charge is 0.496 e. The molecule has 45 heavy (non-hydrogen) atoms. The summed E-state index contributed by atoms with van der Waals surface area (Å²) in [6.07, 6.45) is 4.54. The smallest absolute Gasteiger partial charge is 0.171 e. The zero-order chi connectivity index (χ0) is 30.9. The summed E-state index contributed by atoms with van der Waals surface area (Å²) >= 11 is 5.92. The lowest BCUT2D eigenvalue weighted by Crippen LogP contribution is -2.53. The lowest BCUT2D eigenvalue weighted by molar-refractivity contribution is 0.116. The molecule has 0 radical (unpaired) electrons. The molecule has 0 unspecified atom stereocenters. The highest BCUT2D eigenvalue weighted by molar-refractivity contribution is 7.80. The van der Waals surface area contributed by atoms with Crippen LogP contribution in [0, 0.1) is 0 Å². The molecule has 2 aliphatic rings. The Morgan fingerprint density at radius 3 is 1.82 bits per heavy atom. The van der Waals surface area contributed by atoms with Gasteiger partial charge < -0.3 is 24.8 Å². The maximum absolute atomic E-state index is 5.92. The summed E-state index contributed by atoms with van der Waals surface area (Å²) in [6.45, 7) is 1.76. The second-order valence-corrected chi connectivity index (χ2v) is 12.4. The zero-order valence-electron chi connectivity index (χ0n) is 26.1. The van der Waals surface area contributed by atoms with Crippen LogP contribution in [-0.4, -0.2) is 43.4 Å². The maximum Gasteiger partial charge on any atom is 0.171 e. The zero-order valence-corrected chi connectivity index (χ0v) is 26.9. The van der Waals surface area contributed by atoms with E-state index in [1.54, 1.807) is 21.3 Å². The Morgan fingerprint density at radius 2 is 1.27 bits per heavy atom. The molecule has 0 aromatic heterocycles. The average molecular weight is 618 g/mol. The van der Waals surface area contributed by atoms with Gasteiger partial charge in [0.15, 0.2) is 5.11 Å². The van der Waals surface area contributed by atoms with E-state index in [-0.39, 0.29) is 6.04 Å². The highest BCUT2D eigenvalue weighted by atomic mass is 32.1. The van der Waals surface area contributed by atoms with Crippen LogP contribution in [0.3, 0.4) is 0 Å². The molecule has 1 heterocycles. The summed E-state index contributed by atoms with van der Waals surface area (Å²) in [5, 5.41) is 12.8. The summed E-state index contributed by atoms with van der Waals surface area (Å²) in [5.74, 6) is 1.87. The quantitative estimate of drug-likeness (QED) is 0.186. The first-order valence-electron chi connectivity index (χ1n) is 15.7. The Balaban J connectivity index is 1.23. The van der Waals surface area contributed by atoms with Crippen LogP contribution >= 0.6 is 12.2 Å². The van der Waals surface area contributed by atoms with E-state index in [0.29, 0.717) is 34.1 Å². The van der Waals surface area contributed by atoms with Crippen molar-refractivity contribution in [2.75, 3.05) is 26.6 Å². The summed E-state index contributed by atoms with van der Waals surface area (Å²) in [5.41, 5.74) is 6.18. The van der Waals surface area contributed by atoms with E-state index in [2.05, 4.69) is 88.3 Å². The fourth-order valence-corrected chi connectivity index (χ4v) is 7.63. The topological polar surface area (TPSA) is 55.0 Å². The second kappa shape index (κ2) is 12.6. The van der Waals surface area contributed by atoms with Crippen LogP contribution in [-0.2, 0) is 13.1 Å². The minimum atomic E-state index is 0.194. The van der Waals surface area contributed by atoms with E-state index >= 15 is 0 Å². The molecule has 7 rings (SSSR count). The molecule has 230 valence electrons. The lowest BCUT2D eigenvalue weighted by atomic mass is 9.88. The van der Waals surface area contributed by atoms with E-state index in [1.165, 1.54) is 56.6 Å². The molecule has 7 heteroatoms. The van der Waals surface area contributed by atoms with Gasteiger partial charge in [0.05, 0.1) is 21.3 Å². The SMILES string of the molecule is COc1cc(OC)c(NC(=S)N[C@H]2CCCC[C@@H]2N2Cc3ccc4ccccc4c3-c3c(ccc4ccccc34)C2)c(OC)c1. The third-order valence-corrected chi connectivity index (χ3v) is 9.72. The van der Waals surface area contributed by atoms with Crippen LogP contribution in [0.1, 0.15) is 36.8 Å². The highest BCUT2D eigenvalue weighted by Crippen LogP contribution is 2.43. The van der Waals surface area contributed by atoms with Gasteiger partial charge in [-0.3, -0.25) is 4.90 Å². The fourth-order valence-electron chi connectivity index (χ4n) is 7.38. The fraction of sp³-hybridized carbons (Fsp3) is 0.289. The Morgan fingerprint density at radius 1 is 0.711 bits per heavy atom. The molecule has 2 atom stereocenters. The number of hydrogen-bond donors (Lipinski definition) is 2. The van der Waals surface area contributed by atoms with Gasteiger partial charge in [0.25, 0.3) is 0 Å². The van der Waals surface area contributed by atoms with E-state index in [1.807, 2.05) is 12.1 Å². The highest BCUT2D eigenvalue weighted by Gasteiger charge is 2.34. The van der Waals surface area contributed by atoms with Crippen LogP contribution in [0.15, 0.2) is 84.9 Å². The molecule has 2 N–H and O–H groups in total. The minimum absolute atomic E-state index is 0.194. The molecular formula is C38H39N3O3S. The van der Waals surface area contributed by atoms with Crippen molar-refractivity contribution >= 4 is 44.6 Å². The summed E-state index contributed by atoms with van der Waals surface area (Å²) in [6, 6.07) is 31.1. The van der Waals surface area contributed by atoms with Crippen molar-refractivity contribution in [2.24, 2.45) is 0 Å². The molecule has 0 bridgehead atoms. The van der Waals surface area contributed by atoms with Gasteiger partial charge >= 0.3 is 0 Å². The molecule has 6 nitrogen and oxygen atoms in total. The van der Waals surface area contributed by atoms with Gasteiger partial charge in [-0.25, -0.2) is 0 Å². The Bertz CT molecular complexity index is 1780. The number of benzene rings is 5. The van der Waals surface area contributed by atoms with Gasteiger partial charge in [-0.05, 0) is 68.9 Å². The van der Waals surface area contributed by atoms with Crippen LogP contribution in [0.2, 0.25) is 0 Å². The molecule has 1 aliphatic carbocycles. The van der Waals surface area contributed by atoms with Crippen molar-refractivity contribution < 1.29 is 14.2 Å². The van der Waals surface area contributed by atoms with E-state index in [9.17, 15) is 0 Å². The summed E-state index contributed by atoms with van der Waals surface area (Å²) in [7, 11) is 4.89. The van der Waals surface area contributed by atoms with Crippen molar-refractivity contribution in [1.82, 2.24) is 10.2 Å². The number of thiocarbonyl (C=S) groups is 1. The van der Waals surface area contributed by atoms with Crippen LogP contribution in [0.4, 0.5) is 5.69 Å². The number of methoxy groups -OCH3 is 3. The molecule has 0 saturated heterocycles. The van der Waals surface area contributed by atoms with Gasteiger partial charge in [0.2, 0.25) is 0 Å². The standard InChI is InChI=1S/C38H39N3O3S/c1-42-28-20-33(43-2)37(34(21-28)44-3)40-38(45)39-31-14-8-9-15-32(31)41-22-26-18-16-24-10-4-6-12-29(24)35(26)36-27(23-41)19-17-25-11-5-7-13-30(25)36/h4-7,10-13,16-21,31-32H,8-9,14-15,22-23H2,1-3H3,(H2,39,40,45)/t31-,32-/m0/s1. The normalized spacial score (nSPS) is 18.0. The lowest BCUT2D eigenvalue weighted by Gasteiger charge is -2.40. The van der Waals surface area contributed by atoms with Crippen molar-refractivity contribution in [2.45, 2.75) is 50.9 Å².